The van der Waals surface area contributed by atoms with Gasteiger partial charge in [-0.05, 0) is 42.0 Å². The molecular formula is C24H23FN8O4. The van der Waals surface area contributed by atoms with E-state index in [0.29, 0.717) is 48.1 Å². The summed E-state index contributed by atoms with van der Waals surface area (Å²) in [6.45, 7) is 0.924. The van der Waals surface area contributed by atoms with E-state index in [1.165, 1.54) is 31.6 Å². The normalized spacial score (nSPS) is 13.5. The number of aromatic nitrogens is 5. The maximum Gasteiger partial charge on any atom is 0.350 e. The highest BCUT2D eigenvalue weighted by Crippen LogP contribution is 2.42. The molecule has 3 heterocycles. The lowest BCUT2D eigenvalue weighted by Crippen LogP contribution is -2.18. The predicted molar refractivity (Wildman–Crippen MR) is 131 cm³/mol. The predicted octanol–water partition coefficient (Wildman–Crippen LogP) is 2.15. The van der Waals surface area contributed by atoms with Gasteiger partial charge in [-0.3, -0.25) is 10.4 Å². The number of nitrogen functional groups attached to an aromatic ring is 1. The van der Waals surface area contributed by atoms with E-state index < -0.39 is 17.5 Å². The lowest BCUT2D eigenvalue weighted by Gasteiger charge is -2.21. The maximum absolute atomic E-state index is 14.6. The molecule has 0 fully saturated rings. The Morgan fingerprint density at radius 3 is 2.76 bits per heavy atom. The van der Waals surface area contributed by atoms with E-state index in [1.807, 2.05) is 0 Å². The van der Waals surface area contributed by atoms with E-state index in [-0.39, 0.29) is 23.2 Å². The van der Waals surface area contributed by atoms with E-state index in [2.05, 4.69) is 25.4 Å². The lowest BCUT2D eigenvalue weighted by atomic mass is 10.0. The van der Waals surface area contributed by atoms with Crippen molar-refractivity contribution in [1.82, 2.24) is 24.7 Å². The first-order valence-electron chi connectivity index (χ1n) is 11.3. The van der Waals surface area contributed by atoms with Gasteiger partial charge in [-0.1, -0.05) is 0 Å². The van der Waals surface area contributed by atoms with Crippen molar-refractivity contribution < 1.29 is 18.6 Å². The summed E-state index contributed by atoms with van der Waals surface area (Å²) in [6.07, 6.45) is 3.69. The van der Waals surface area contributed by atoms with Crippen LogP contribution in [0.3, 0.4) is 0 Å². The molecule has 1 atom stereocenters. The van der Waals surface area contributed by atoms with E-state index in [9.17, 15) is 9.18 Å². The number of benzene rings is 2. The zero-order chi connectivity index (χ0) is 25.9. The molecule has 0 spiro atoms. The summed E-state index contributed by atoms with van der Waals surface area (Å²) >= 11 is 0. The highest BCUT2D eigenvalue weighted by molar-refractivity contribution is 5.95. The molecule has 190 valence electrons. The van der Waals surface area contributed by atoms with E-state index in [4.69, 9.17) is 25.4 Å². The molecule has 37 heavy (non-hydrogen) atoms. The number of H-pyrrole nitrogens is 1. The fourth-order valence-electron chi connectivity index (χ4n) is 3.89. The summed E-state index contributed by atoms with van der Waals surface area (Å²) in [7, 11) is 1.51. The van der Waals surface area contributed by atoms with Gasteiger partial charge in [-0.2, -0.15) is 0 Å². The van der Waals surface area contributed by atoms with Gasteiger partial charge in [0.15, 0.2) is 17.3 Å². The van der Waals surface area contributed by atoms with Crippen LogP contribution in [0, 0.1) is 11.2 Å². The number of rotatable bonds is 7. The highest BCUT2D eigenvalue weighted by Gasteiger charge is 2.26. The second-order valence-electron chi connectivity index (χ2n) is 8.06. The third-order valence-electron chi connectivity index (χ3n) is 5.61. The Morgan fingerprint density at radius 1 is 1.24 bits per heavy atom. The summed E-state index contributed by atoms with van der Waals surface area (Å²) < 4.78 is 32.9. The van der Waals surface area contributed by atoms with Crippen LogP contribution >= 0.6 is 0 Å². The first-order chi connectivity index (χ1) is 17.9. The minimum absolute atomic E-state index is 0.0294. The third-order valence-corrected chi connectivity index (χ3v) is 5.61. The van der Waals surface area contributed by atoms with Gasteiger partial charge in [0.25, 0.3) is 5.95 Å². The average molecular weight is 506 g/mol. The fraction of sp³-hybridized carbons (Fsp3) is 0.208. The lowest BCUT2D eigenvalue weighted by molar-refractivity contribution is 0.289. The molecule has 5 N–H and O–H groups in total. The van der Waals surface area contributed by atoms with Gasteiger partial charge >= 0.3 is 5.69 Å². The van der Waals surface area contributed by atoms with Crippen LogP contribution in [-0.4, -0.2) is 50.9 Å². The Labute approximate surface area is 209 Å². The molecule has 1 aliphatic rings. The number of amidine groups is 1. The van der Waals surface area contributed by atoms with Gasteiger partial charge in [0.1, 0.15) is 17.7 Å². The second-order valence-corrected chi connectivity index (χ2v) is 8.06. The molecule has 0 bridgehead atoms. The number of nitrogens with one attached hydrogen (secondary N) is 3. The molecule has 0 amide bonds. The summed E-state index contributed by atoms with van der Waals surface area (Å²) in [5, 5.41) is 15.1. The van der Waals surface area contributed by atoms with Gasteiger partial charge in [0.2, 0.25) is 5.75 Å². The second kappa shape index (κ2) is 9.97. The quantitative estimate of drug-likeness (QED) is 0.217. The van der Waals surface area contributed by atoms with Crippen LogP contribution in [0.15, 0.2) is 53.6 Å². The van der Waals surface area contributed by atoms with E-state index in [1.54, 1.807) is 24.3 Å². The number of ether oxygens (including phenoxy) is 3. The zero-order valence-electron chi connectivity index (χ0n) is 19.7. The number of halogens is 1. The molecule has 2 aromatic heterocycles. The van der Waals surface area contributed by atoms with Gasteiger partial charge < -0.3 is 25.3 Å². The Hall–Kier alpha value is -4.94. The topological polar surface area (TPSA) is 166 Å². The fourth-order valence-corrected chi connectivity index (χ4v) is 3.89. The molecule has 0 saturated heterocycles. The van der Waals surface area contributed by atoms with Gasteiger partial charge in [0, 0.05) is 24.5 Å². The van der Waals surface area contributed by atoms with Crippen molar-refractivity contribution >= 4 is 11.5 Å². The van der Waals surface area contributed by atoms with Crippen LogP contribution in [0.1, 0.15) is 29.4 Å². The Bertz CT molecular complexity index is 1500. The summed E-state index contributed by atoms with van der Waals surface area (Å²) in [6, 6.07) is 8.47. The van der Waals surface area contributed by atoms with Crippen molar-refractivity contribution in [1.29, 1.82) is 5.41 Å². The molecular weight excluding hydrogens is 483 g/mol. The molecule has 0 radical (unpaired) electrons. The van der Waals surface area contributed by atoms with Crippen molar-refractivity contribution in [3.05, 3.63) is 82.0 Å². The van der Waals surface area contributed by atoms with Crippen LogP contribution in [-0.2, 0) is 0 Å². The number of hydrogen-bond donors (Lipinski definition) is 4. The Morgan fingerprint density at radius 2 is 2.03 bits per heavy atom. The van der Waals surface area contributed by atoms with Crippen LogP contribution in [0.4, 0.5) is 10.1 Å². The van der Waals surface area contributed by atoms with Crippen LogP contribution in [0.25, 0.3) is 5.95 Å². The average Bonchev–Trinajstić information content (AvgIpc) is 3.12. The Balaban J connectivity index is 1.62. The largest absolute Gasteiger partial charge is 0.493 e. The molecule has 5 rings (SSSR count). The number of anilines is 1. The highest BCUT2D eigenvalue weighted by atomic mass is 19.1. The van der Waals surface area contributed by atoms with Crippen molar-refractivity contribution in [3.8, 4) is 23.2 Å². The van der Waals surface area contributed by atoms with Crippen LogP contribution < -0.4 is 31.0 Å². The first-order valence-corrected chi connectivity index (χ1v) is 11.3. The minimum atomic E-state index is -0.800. The SMILES string of the molecule is COc1cc([C@H](Nc2ccc(C(=N)N)c(F)c2)c2nn(-c3ncccn3)c(=O)[nH]2)cc2c1OCCCO2. The summed E-state index contributed by atoms with van der Waals surface area (Å²) in [5.74, 6) is 0.573. The molecule has 2 aromatic carbocycles. The van der Waals surface area contributed by atoms with Crippen molar-refractivity contribution in [2.45, 2.75) is 12.5 Å². The molecule has 0 unspecified atom stereocenters. The molecule has 1 aliphatic heterocycles. The van der Waals surface area contributed by atoms with Crippen molar-refractivity contribution in [2.24, 2.45) is 5.73 Å². The molecule has 0 aliphatic carbocycles. The van der Waals surface area contributed by atoms with Gasteiger partial charge in [0.05, 0.1) is 25.9 Å². The summed E-state index contributed by atoms with van der Waals surface area (Å²) in [5.41, 5.74) is 5.80. The minimum Gasteiger partial charge on any atom is -0.493 e. The number of nitrogens with two attached hydrogens (primary N) is 1. The molecule has 4 aromatic rings. The van der Waals surface area contributed by atoms with Crippen molar-refractivity contribution in [2.75, 3.05) is 25.6 Å². The molecule has 13 heteroatoms. The van der Waals surface area contributed by atoms with Crippen LogP contribution in [0.5, 0.6) is 17.2 Å². The van der Waals surface area contributed by atoms with E-state index in [0.717, 1.165) is 4.68 Å². The maximum atomic E-state index is 14.6. The number of nitrogens with zero attached hydrogens (tertiary/aromatic N) is 4. The van der Waals surface area contributed by atoms with Gasteiger partial charge in [-0.25, -0.2) is 19.2 Å². The zero-order valence-corrected chi connectivity index (χ0v) is 19.7. The number of hydrogen-bond acceptors (Lipinski definition) is 9. The van der Waals surface area contributed by atoms with Crippen molar-refractivity contribution in [3.63, 3.8) is 0 Å². The number of methoxy groups -OCH3 is 1. The molecule has 0 saturated carbocycles. The monoisotopic (exact) mass is 506 g/mol. The third kappa shape index (κ3) is 4.78. The standard InChI is InChI=1S/C24H23FN8O4/c1-35-17-10-13(11-18-20(17)37-9-3-8-36-18)19(30-14-4-5-15(21(26)27)16(25)12-14)22-31-24(34)33(32-22)23-28-6-2-7-29-23/h2,4-7,10-12,19,30H,3,8-9H2,1H3,(H3,26,27)(H,31,32,34)/t19-/m0/s1. The summed E-state index contributed by atoms with van der Waals surface area (Å²) in [4.78, 5) is 23.7. The smallest absolute Gasteiger partial charge is 0.350 e. The molecule has 12 nitrogen and oxygen atoms in total. The number of fused-ring (bicyclic) bond motifs is 1. The first kappa shape index (κ1) is 23.8. The number of aromatic amines is 1. The van der Waals surface area contributed by atoms with E-state index >= 15 is 0 Å². The Kier molecular flexibility index (Phi) is 6.41. The van der Waals surface area contributed by atoms with Crippen LogP contribution in [0.2, 0.25) is 0 Å². The van der Waals surface area contributed by atoms with Gasteiger partial charge in [-0.15, -0.1) is 9.78 Å².